The molecule has 1 aliphatic heterocycles. The molecular formula is C11H19N. The van der Waals surface area contributed by atoms with Crippen LogP contribution in [0.15, 0.2) is 37.0 Å². The van der Waals surface area contributed by atoms with Gasteiger partial charge in [0.15, 0.2) is 0 Å². The zero-order valence-electron chi connectivity index (χ0n) is 8.27. The van der Waals surface area contributed by atoms with Crippen LogP contribution in [-0.4, -0.2) is 24.5 Å². The molecule has 0 aliphatic carbocycles. The number of hydrogen-bond acceptors (Lipinski definition) is 1. The minimum absolute atomic E-state index is 1.10. The molecule has 1 rings (SSSR count). The van der Waals surface area contributed by atoms with E-state index < -0.39 is 0 Å². The van der Waals surface area contributed by atoms with Crippen molar-refractivity contribution in [1.82, 2.24) is 4.90 Å². The summed E-state index contributed by atoms with van der Waals surface area (Å²) in [6, 6.07) is 0. The molecule has 0 unspecified atom stereocenters. The summed E-state index contributed by atoms with van der Waals surface area (Å²) < 4.78 is 0. The van der Waals surface area contributed by atoms with Crippen molar-refractivity contribution in [2.75, 3.05) is 19.6 Å². The Morgan fingerprint density at radius 3 is 2.25 bits per heavy atom. The highest BCUT2D eigenvalue weighted by molar-refractivity contribution is 5.29. The molecule has 1 heteroatoms. The van der Waals surface area contributed by atoms with Crippen molar-refractivity contribution in [2.45, 2.75) is 13.8 Å². The Bertz CT molecular complexity index is 179. The van der Waals surface area contributed by atoms with Crippen LogP contribution in [0.4, 0.5) is 0 Å². The van der Waals surface area contributed by atoms with Gasteiger partial charge < -0.3 is 0 Å². The van der Waals surface area contributed by atoms with Crippen LogP contribution >= 0.6 is 0 Å². The van der Waals surface area contributed by atoms with Gasteiger partial charge in [-0.25, -0.2) is 0 Å². The van der Waals surface area contributed by atoms with Crippen molar-refractivity contribution in [3.63, 3.8) is 0 Å². The first-order chi connectivity index (χ1) is 5.77. The molecule has 0 saturated carbocycles. The summed E-state index contributed by atoms with van der Waals surface area (Å²) in [5.74, 6) is 0. The Balaban J connectivity index is 0.000000561. The van der Waals surface area contributed by atoms with Gasteiger partial charge in [-0.15, -0.1) is 13.2 Å². The Morgan fingerprint density at radius 2 is 2.00 bits per heavy atom. The Kier molecular flexibility index (Phi) is 5.39. The maximum absolute atomic E-state index is 3.78. The predicted octanol–water partition coefficient (Wildman–Crippen LogP) is 2.63. The standard InChI is InChI=1S/C9H15N.C2H4/c1-4-9-7-10(5-2)6-8(9)3;1-2/h4H,1,5-7H2,2-3H3;1-2H2. The van der Waals surface area contributed by atoms with E-state index in [1.807, 2.05) is 6.08 Å². The third kappa shape index (κ3) is 2.67. The van der Waals surface area contributed by atoms with Crippen LogP contribution in [0.3, 0.4) is 0 Å². The molecule has 0 atom stereocenters. The van der Waals surface area contributed by atoms with E-state index in [4.69, 9.17) is 0 Å². The SMILES string of the molecule is C=C.C=CC1=C(C)CN(CC)C1. The lowest BCUT2D eigenvalue weighted by molar-refractivity contribution is 0.366. The van der Waals surface area contributed by atoms with Gasteiger partial charge >= 0.3 is 0 Å². The van der Waals surface area contributed by atoms with Gasteiger partial charge in [-0.2, -0.15) is 0 Å². The highest BCUT2D eigenvalue weighted by Gasteiger charge is 2.14. The normalized spacial score (nSPS) is 17.2. The summed E-state index contributed by atoms with van der Waals surface area (Å²) in [6.45, 7) is 17.5. The molecular weight excluding hydrogens is 146 g/mol. The minimum atomic E-state index is 1.10. The van der Waals surface area contributed by atoms with Gasteiger partial charge in [0.25, 0.3) is 0 Å². The lowest BCUT2D eigenvalue weighted by atomic mass is 10.2. The van der Waals surface area contributed by atoms with Crippen LogP contribution in [0.25, 0.3) is 0 Å². The average molecular weight is 165 g/mol. The number of likely N-dealkylation sites (N-methyl/N-ethyl adjacent to an activating group) is 1. The molecule has 0 radical (unpaired) electrons. The van der Waals surface area contributed by atoms with Crippen LogP contribution in [0, 0.1) is 0 Å². The van der Waals surface area contributed by atoms with Crippen LogP contribution in [-0.2, 0) is 0 Å². The van der Waals surface area contributed by atoms with Gasteiger partial charge in [-0.3, -0.25) is 4.90 Å². The summed E-state index contributed by atoms with van der Waals surface area (Å²) >= 11 is 0. The second-order valence-corrected chi connectivity index (χ2v) is 2.81. The van der Waals surface area contributed by atoms with Crippen molar-refractivity contribution in [2.24, 2.45) is 0 Å². The van der Waals surface area contributed by atoms with E-state index in [-0.39, 0.29) is 0 Å². The Hall–Kier alpha value is -0.820. The lowest BCUT2D eigenvalue weighted by Gasteiger charge is -2.10. The van der Waals surface area contributed by atoms with Gasteiger partial charge in [0, 0.05) is 13.1 Å². The fourth-order valence-corrected chi connectivity index (χ4v) is 1.33. The zero-order chi connectivity index (χ0) is 9.56. The van der Waals surface area contributed by atoms with E-state index >= 15 is 0 Å². The second-order valence-electron chi connectivity index (χ2n) is 2.81. The van der Waals surface area contributed by atoms with Gasteiger partial charge in [-0.1, -0.05) is 25.2 Å². The first kappa shape index (κ1) is 11.2. The van der Waals surface area contributed by atoms with Crippen molar-refractivity contribution in [1.29, 1.82) is 0 Å². The van der Waals surface area contributed by atoms with Crippen molar-refractivity contribution in [3.05, 3.63) is 37.0 Å². The van der Waals surface area contributed by atoms with Crippen LogP contribution in [0.5, 0.6) is 0 Å². The van der Waals surface area contributed by atoms with Crippen molar-refractivity contribution in [3.8, 4) is 0 Å². The second kappa shape index (κ2) is 5.78. The maximum Gasteiger partial charge on any atom is 0.0236 e. The molecule has 1 nitrogen and oxygen atoms in total. The maximum atomic E-state index is 3.78. The lowest BCUT2D eigenvalue weighted by Crippen LogP contribution is -2.20. The Labute approximate surface area is 76.1 Å². The molecule has 0 bridgehead atoms. The van der Waals surface area contributed by atoms with Crippen LogP contribution in [0.2, 0.25) is 0 Å². The molecule has 0 N–H and O–H groups in total. The monoisotopic (exact) mass is 165 g/mol. The van der Waals surface area contributed by atoms with E-state index in [1.165, 1.54) is 11.1 Å². The topological polar surface area (TPSA) is 3.24 Å². The quantitative estimate of drug-likeness (QED) is 0.568. The summed E-state index contributed by atoms with van der Waals surface area (Å²) in [5.41, 5.74) is 2.90. The molecule has 0 spiro atoms. The van der Waals surface area contributed by atoms with Crippen LogP contribution < -0.4 is 0 Å². The largest absolute Gasteiger partial charge is 0.295 e. The molecule has 0 aromatic carbocycles. The first-order valence-corrected chi connectivity index (χ1v) is 4.31. The summed E-state index contributed by atoms with van der Waals surface area (Å²) in [4.78, 5) is 2.41. The third-order valence-corrected chi connectivity index (χ3v) is 2.10. The van der Waals surface area contributed by atoms with Gasteiger partial charge in [-0.05, 0) is 19.0 Å². The van der Waals surface area contributed by atoms with Gasteiger partial charge in [0.1, 0.15) is 0 Å². The third-order valence-electron chi connectivity index (χ3n) is 2.10. The van der Waals surface area contributed by atoms with Crippen LogP contribution in [0.1, 0.15) is 13.8 Å². The summed E-state index contributed by atoms with van der Waals surface area (Å²) in [7, 11) is 0. The molecule has 1 heterocycles. The van der Waals surface area contributed by atoms with Crippen molar-refractivity contribution >= 4 is 0 Å². The fourth-order valence-electron chi connectivity index (χ4n) is 1.33. The van der Waals surface area contributed by atoms with E-state index in [0.29, 0.717) is 0 Å². The van der Waals surface area contributed by atoms with Crippen molar-refractivity contribution < 1.29 is 0 Å². The highest BCUT2D eigenvalue weighted by atomic mass is 15.1. The average Bonchev–Trinajstić information content (AvgIpc) is 2.49. The summed E-state index contributed by atoms with van der Waals surface area (Å²) in [6.07, 6.45) is 1.98. The van der Waals surface area contributed by atoms with Gasteiger partial charge in [0.2, 0.25) is 0 Å². The highest BCUT2D eigenvalue weighted by Crippen LogP contribution is 2.16. The predicted molar refractivity (Wildman–Crippen MR) is 56.3 cm³/mol. The molecule has 12 heavy (non-hydrogen) atoms. The number of hydrogen-bond donors (Lipinski definition) is 0. The van der Waals surface area contributed by atoms with Gasteiger partial charge in [0.05, 0.1) is 0 Å². The fraction of sp³-hybridized carbons (Fsp3) is 0.455. The summed E-state index contributed by atoms with van der Waals surface area (Å²) in [5, 5.41) is 0. The minimum Gasteiger partial charge on any atom is -0.295 e. The first-order valence-electron chi connectivity index (χ1n) is 4.31. The molecule has 1 aliphatic rings. The molecule has 0 aromatic heterocycles. The number of nitrogens with zero attached hydrogens (tertiary/aromatic N) is 1. The molecule has 0 fully saturated rings. The smallest absolute Gasteiger partial charge is 0.0236 e. The number of rotatable bonds is 2. The van der Waals surface area contributed by atoms with E-state index in [0.717, 1.165) is 19.6 Å². The molecule has 0 amide bonds. The van der Waals surface area contributed by atoms with E-state index in [1.54, 1.807) is 0 Å². The molecule has 68 valence electrons. The Morgan fingerprint density at radius 1 is 1.42 bits per heavy atom. The molecule has 0 aromatic rings. The van der Waals surface area contributed by atoms with E-state index in [2.05, 4.69) is 38.5 Å². The van der Waals surface area contributed by atoms with E-state index in [9.17, 15) is 0 Å². The molecule has 0 saturated heterocycles. The zero-order valence-corrected chi connectivity index (χ0v) is 8.27.